The van der Waals surface area contributed by atoms with Gasteiger partial charge in [-0.15, -0.1) is 5.10 Å². The van der Waals surface area contributed by atoms with Gasteiger partial charge < -0.3 is 14.6 Å². The second-order valence-corrected chi connectivity index (χ2v) is 5.61. The Labute approximate surface area is 127 Å². The lowest BCUT2D eigenvalue weighted by molar-refractivity contribution is -0.135. The van der Waals surface area contributed by atoms with Gasteiger partial charge in [0.15, 0.2) is 0 Å². The molecule has 0 atom stereocenters. The zero-order chi connectivity index (χ0) is 14.8. The molecule has 7 heteroatoms. The van der Waals surface area contributed by atoms with Gasteiger partial charge in [-0.3, -0.25) is 4.79 Å². The van der Waals surface area contributed by atoms with Crippen LogP contribution in [0.2, 0.25) is 5.02 Å². The van der Waals surface area contributed by atoms with Crippen molar-refractivity contribution in [2.24, 2.45) is 5.92 Å². The van der Waals surface area contributed by atoms with Gasteiger partial charge in [0.05, 0.1) is 6.54 Å². The number of hydrogen-bond acceptors (Lipinski definition) is 5. The highest BCUT2D eigenvalue weighted by molar-refractivity contribution is 6.30. The van der Waals surface area contributed by atoms with Crippen molar-refractivity contribution in [3.63, 3.8) is 0 Å². The van der Waals surface area contributed by atoms with Crippen LogP contribution in [0.5, 0.6) is 0 Å². The first-order valence-electron chi connectivity index (χ1n) is 6.73. The number of nitrogens with zero attached hydrogens (tertiary/aromatic N) is 3. The monoisotopic (exact) mass is 306 g/mol. The number of nitrogens with one attached hydrogen (secondary N) is 1. The zero-order valence-corrected chi connectivity index (χ0v) is 12.3. The molecule has 1 amide bonds. The molecule has 0 bridgehead atoms. The minimum absolute atomic E-state index is 0.0411. The van der Waals surface area contributed by atoms with E-state index in [0.29, 0.717) is 16.8 Å². The number of carbonyl (C=O) groups excluding carboxylic acids is 1. The van der Waals surface area contributed by atoms with Crippen molar-refractivity contribution in [2.75, 3.05) is 25.0 Å². The predicted octanol–water partition coefficient (Wildman–Crippen LogP) is 2.28. The Hall–Kier alpha value is -2.08. The van der Waals surface area contributed by atoms with Crippen LogP contribution in [0.1, 0.15) is 6.92 Å². The lowest BCUT2D eigenvalue weighted by atomic mass is 10.0. The first kappa shape index (κ1) is 13.9. The number of aromatic nitrogens is 2. The van der Waals surface area contributed by atoms with E-state index in [-0.39, 0.29) is 18.5 Å². The molecule has 1 aromatic carbocycles. The van der Waals surface area contributed by atoms with Crippen LogP contribution in [0.15, 0.2) is 28.7 Å². The van der Waals surface area contributed by atoms with Crippen molar-refractivity contribution in [2.45, 2.75) is 6.92 Å². The van der Waals surface area contributed by atoms with E-state index in [1.165, 1.54) is 0 Å². The SMILES string of the molecule is CC1CN(C(=O)CNc2nnc(-c3ccc(Cl)cc3)o2)C1. The number of anilines is 1. The van der Waals surface area contributed by atoms with E-state index in [9.17, 15) is 4.79 Å². The fraction of sp³-hybridized carbons (Fsp3) is 0.357. The van der Waals surface area contributed by atoms with Crippen LogP contribution in [0, 0.1) is 5.92 Å². The summed E-state index contributed by atoms with van der Waals surface area (Å²) < 4.78 is 5.47. The maximum atomic E-state index is 11.8. The minimum atomic E-state index is 0.0411. The van der Waals surface area contributed by atoms with E-state index in [2.05, 4.69) is 22.4 Å². The van der Waals surface area contributed by atoms with Gasteiger partial charge in [-0.05, 0) is 30.2 Å². The number of carbonyl (C=O) groups is 1. The summed E-state index contributed by atoms with van der Waals surface area (Å²) in [5.74, 6) is 1.02. The Balaban J connectivity index is 1.58. The number of amides is 1. The molecular formula is C14H15ClN4O2. The lowest BCUT2D eigenvalue weighted by Crippen LogP contribution is -2.50. The van der Waals surface area contributed by atoms with Gasteiger partial charge in [0, 0.05) is 23.7 Å². The predicted molar refractivity (Wildman–Crippen MR) is 79.0 cm³/mol. The van der Waals surface area contributed by atoms with Crippen molar-refractivity contribution < 1.29 is 9.21 Å². The molecule has 0 spiro atoms. The van der Waals surface area contributed by atoms with Gasteiger partial charge in [0.2, 0.25) is 11.8 Å². The first-order valence-corrected chi connectivity index (χ1v) is 7.10. The van der Waals surface area contributed by atoms with Gasteiger partial charge in [-0.1, -0.05) is 23.6 Å². The van der Waals surface area contributed by atoms with E-state index >= 15 is 0 Å². The highest BCUT2D eigenvalue weighted by Crippen LogP contribution is 2.21. The minimum Gasteiger partial charge on any atom is -0.403 e. The zero-order valence-electron chi connectivity index (χ0n) is 11.5. The molecule has 0 unspecified atom stereocenters. The Morgan fingerprint density at radius 2 is 2.10 bits per heavy atom. The average molecular weight is 307 g/mol. The van der Waals surface area contributed by atoms with Gasteiger partial charge in [-0.25, -0.2) is 0 Å². The smallest absolute Gasteiger partial charge is 0.316 e. The normalized spacial score (nSPS) is 14.9. The lowest BCUT2D eigenvalue weighted by Gasteiger charge is -2.37. The van der Waals surface area contributed by atoms with Crippen LogP contribution in [-0.4, -0.2) is 40.6 Å². The molecule has 1 saturated heterocycles. The van der Waals surface area contributed by atoms with E-state index < -0.39 is 0 Å². The highest BCUT2D eigenvalue weighted by Gasteiger charge is 2.26. The first-order chi connectivity index (χ1) is 10.1. The summed E-state index contributed by atoms with van der Waals surface area (Å²) in [6.45, 7) is 3.92. The summed E-state index contributed by atoms with van der Waals surface area (Å²) in [6.07, 6.45) is 0. The molecule has 21 heavy (non-hydrogen) atoms. The molecule has 1 aliphatic rings. The molecule has 0 saturated carbocycles. The maximum absolute atomic E-state index is 11.8. The van der Waals surface area contributed by atoms with Crippen molar-refractivity contribution >= 4 is 23.5 Å². The van der Waals surface area contributed by atoms with E-state index in [0.717, 1.165) is 18.7 Å². The summed E-state index contributed by atoms with van der Waals surface area (Å²) in [7, 11) is 0. The third kappa shape index (κ3) is 3.16. The fourth-order valence-electron chi connectivity index (χ4n) is 2.17. The molecule has 1 aliphatic heterocycles. The van der Waals surface area contributed by atoms with Gasteiger partial charge in [0.1, 0.15) is 0 Å². The second kappa shape index (κ2) is 5.73. The fourth-order valence-corrected chi connectivity index (χ4v) is 2.30. The van der Waals surface area contributed by atoms with E-state index in [1.54, 1.807) is 29.2 Å². The number of benzene rings is 1. The van der Waals surface area contributed by atoms with Gasteiger partial charge in [0.25, 0.3) is 0 Å². The molecule has 0 radical (unpaired) electrons. The van der Waals surface area contributed by atoms with Crippen molar-refractivity contribution in [1.29, 1.82) is 0 Å². The van der Waals surface area contributed by atoms with Gasteiger partial charge >= 0.3 is 6.01 Å². The topological polar surface area (TPSA) is 71.3 Å². The number of rotatable bonds is 4. The standard InChI is InChI=1S/C14H15ClN4O2/c1-9-7-19(8-9)12(20)6-16-14-18-17-13(21-14)10-2-4-11(15)5-3-10/h2-5,9H,6-8H2,1H3,(H,16,18). The third-order valence-electron chi connectivity index (χ3n) is 3.32. The Bertz CT molecular complexity index is 635. The quantitative estimate of drug-likeness (QED) is 0.938. The molecule has 1 N–H and O–H groups in total. The molecule has 2 aromatic rings. The largest absolute Gasteiger partial charge is 0.403 e. The van der Waals surface area contributed by atoms with Gasteiger partial charge in [-0.2, -0.15) is 0 Å². The molecule has 1 fully saturated rings. The number of halogens is 1. The van der Waals surface area contributed by atoms with Crippen molar-refractivity contribution in [1.82, 2.24) is 15.1 Å². The number of hydrogen-bond donors (Lipinski definition) is 1. The van der Waals surface area contributed by atoms with Crippen LogP contribution >= 0.6 is 11.6 Å². The summed E-state index contributed by atoms with van der Waals surface area (Å²) in [6, 6.07) is 7.34. The summed E-state index contributed by atoms with van der Waals surface area (Å²) in [5.41, 5.74) is 0.780. The molecule has 110 valence electrons. The second-order valence-electron chi connectivity index (χ2n) is 5.18. The Kier molecular flexibility index (Phi) is 3.79. The Morgan fingerprint density at radius 1 is 1.38 bits per heavy atom. The summed E-state index contributed by atoms with van der Waals surface area (Å²) in [4.78, 5) is 13.6. The molecule has 1 aromatic heterocycles. The van der Waals surface area contributed by atoms with Crippen LogP contribution in [-0.2, 0) is 4.79 Å². The summed E-state index contributed by atoms with van der Waals surface area (Å²) >= 11 is 5.83. The molecular weight excluding hydrogens is 292 g/mol. The number of likely N-dealkylation sites (tertiary alicyclic amines) is 1. The third-order valence-corrected chi connectivity index (χ3v) is 3.58. The van der Waals surface area contributed by atoms with Crippen LogP contribution in [0.3, 0.4) is 0 Å². The van der Waals surface area contributed by atoms with Crippen molar-refractivity contribution in [3.8, 4) is 11.5 Å². The Morgan fingerprint density at radius 3 is 2.76 bits per heavy atom. The maximum Gasteiger partial charge on any atom is 0.316 e. The molecule has 6 nitrogen and oxygen atoms in total. The van der Waals surface area contributed by atoms with Crippen molar-refractivity contribution in [3.05, 3.63) is 29.3 Å². The average Bonchev–Trinajstić information content (AvgIpc) is 2.91. The molecule has 3 rings (SSSR count). The van der Waals surface area contributed by atoms with Crippen LogP contribution in [0.4, 0.5) is 6.01 Å². The molecule has 2 heterocycles. The summed E-state index contributed by atoms with van der Waals surface area (Å²) in [5, 5.41) is 11.3. The van der Waals surface area contributed by atoms with E-state index in [4.69, 9.17) is 16.0 Å². The van der Waals surface area contributed by atoms with E-state index in [1.807, 2.05) is 0 Å². The van der Waals surface area contributed by atoms with Crippen LogP contribution in [0.25, 0.3) is 11.5 Å². The highest BCUT2D eigenvalue weighted by atomic mass is 35.5. The molecule has 0 aliphatic carbocycles. The van der Waals surface area contributed by atoms with Crippen LogP contribution < -0.4 is 5.32 Å².